The third-order valence-corrected chi connectivity index (χ3v) is 6.77. The van der Waals surface area contributed by atoms with Gasteiger partial charge in [0, 0.05) is 6.61 Å². The Kier molecular flexibility index (Phi) is 6.43. The Morgan fingerprint density at radius 1 is 1.19 bits per heavy atom. The van der Waals surface area contributed by atoms with Crippen LogP contribution in [-0.4, -0.2) is 44.4 Å². The molecule has 1 atom stereocenters. The number of amides is 1. The van der Waals surface area contributed by atoms with Crippen molar-refractivity contribution in [2.45, 2.75) is 39.2 Å². The average molecular weight is 441 g/mol. The number of thiazole rings is 1. The van der Waals surface area contributed by atoms with E-state index in [2.05, 4.69) is 13.0 Å². The maximum absolute atomic E-state index is 13.5. The van der Waals surface area contributed by atoms with Gasteiger partial charge in [0.2, 0.25) is 5.91 Å². The number of aryl methyl sites for hydroxylation is 2. The Morgan fingerprint density at radius 2 is 1.97 bits per heavy atom. The van der Waals surface area contributed by atoms with Crippen LogP contribution in [0.4, 0.5) is 5.13 Å². The molecule has 1 amide bonds. The number of fused-ring (bicyclic) bond motifs is 1. The van der Waals surface area contributed by atoms with Gasteiger partial charge in [-0.3, -0.25) is 9.69 Å². The summed E-state index contributed by atoms with van der Waals surface area (Å²) in [5.41, 5.74) is 4.05. The minimum atomic E-state index is 0.0134. The van der Waals surface area contributed by atoms with Crippen molar-refractivity contribution in [1.82, 2.24) is 4.98 Å². The van der Waals surface area contributed by atoms with Gasteiger partial charge in [-0.05, 0) is 49.9 Å². The van der Waals surface area contributed by atoms with Crippen LogP contribution in [0.5, 0.6) is 11.5 Å². The summed E-state index contributed by atoms with van der Waals surface area (Å²) < 4.78 is 17.7. The molecular formula is C24H28N2O4S. The molecule has 1 aromatic heterocycles. The van der Waals surface area contributed by atoms with Gasteiger partial charge < -0.3 is 14.2 Å². The molecule has 1 aliphatic heterocycles. The highest BCUT2D eigenvalue weighted by Gasteiger charge is 2.27. The first-order valence-corrected chi connectivity index (χ1v) is 11.3. The van der Waals surface area contributed by atoms with E-state index in [1.165, 1.54) is 16.9 Å². The average Bonchev–Trinajstić information content (AvgIpc) is 3.43. The molecule has 2 heterocycles. The monoisotopic (exact) mass is 440 g/mol. The van der Waals surface area contributed by atoms with E-state index in [-0.39, 0.29) is 12.0 Å². The van der Waals surface area contributed by atoms with Crippen molar-refractivity contribution in [1.29, 1.82) is 0 Å². The molecule has 6 nitrogen and oxygen atoms in total. The van der Waals surface area contributed by atoms with E-state index in [0.717, 1.165) is 41.0 Å². The maximum Gasteiger partial charge on any atom is 0.233 e. The molecule has 1 fully saturated rings. The fourth-order valence-electron chi connectivity index (χ4n) is 3.97. The zero-order valence-electron chi connectivity index (χ0n) is 18.4. The molecule has 1 saturated heterocycles. The van der Waals surface area contributed by atoms with Crippen LogP contribution in [0.3, 0.4) is 0 Å². The van der Waals surface area contributed by atoms with Crippen LogP contribution in [0.1, 0.15) is 29.5 Å². The molecule has 0 N–H and O–H groups in total. The Labute approximate surface area is 186 Å². The summed E-state index contributed by atoms with van der Waals surface area (Å²) in [6, 6.07) is 9.91. The minimum absolute atomic E-state index is 0.0134. The van der Waals surface area contributed by atoms with Gasteiger partial charge in [-0.25, -0.2) is 4.98 Å². The molecular weight excluding hydrogens is 412 g/mol. The maximum atomic E-state index is 13.5. The van der Waals surface area contributed by atoms with Gasteiger partial charge in [-0.15, -0.1) is 0 Å². The van der Waals surface area contributed by atoms with Crippen molar-refractivity contribution >= 4 is 32.6 Å². The Balaban J connectivity index is 1.71. The SMILES string of the molecule is COc1ccc(OC)c2sc(N(CC3CCCO3)C(=O)Cc3ccc(C)cc3C)nc12. The fraction of sp³-hybridized carbons (Fsp3) is 0.417. The van der Waals surface area contributed by atoms with Crippen LogP contribution in [-0.2, 0) is 16.0 Å². The van der Waals surface area contributed by atoms with E-state index in [1.807, 2.05) is 31.2 Å². The zero-order valence-corrected chi connectivity index (χ0v) is 19.3. The fourth-order valence-corrected chi connectivity index (χ4v) is 5.07. The number of benzene rings is 2. The zero-order chi connectivity index (χ0) is 22.0. The summed E-state index contributed by atoms with van der Waals surface area (Å²) in [7, 11) is 3.26. The van der Waals surface area contributed by atoms with Crippen LogP contribution in [0.25, 0.3) is 10.2 Å². The normalized spacial score (nSPS) is 15.9. The molecule has 3 aromatic rings. The Morgan fingerprint density at radius 3 is 2.65 bits per heavy atom. The molecule has 0 bridgehead atoms. The summed E-state index contributed by atoms with van der Waals surface area (Å²) in [6.45, 7) is 5.34. The largest absolute Gasteiger partial charge is 0.495 e. The lowest BCUT2D eigenvalue weighted by molar-refractivity contribution is -0.118. The molecule has 164 valence electrons. The van der Waals surface area contributed by atoms with Crippen LogP contribution >= 0.6 is 11.3 Å². The number of aromatic nitrogens is 1. The summed E-state index contributed by atoms with van der Waals surface area (Å²) in [4.78, 5) is 20.1. The number of hydrogen-bond acceptors (Lipinski definition) is 6. The van der Waals surface area contributed by atoms with Crippen molar-refractivity contribution in [2.75, 3.05) is 32.3 Å². The summed E-state index contributed by atoms with van der Waals surface area (Å²) >= 11 is 1.45. The second-order valence-corrected chi connectivity index (χ2v) is 8.87. The van der Waals surface area contributed by atoms with Gasteiger partial charge in [0.25, 0.3) is 0 Å². The van der Waals surface area contributed by atoms with Gasteiger partial charge >= 0.3 is 0 Å². The Bertz CT molecular complexity index is 1050. The number of hydrogen-bond donors (Lipinski definition) is 0. The number of nitrogens with zero attached hydrogens (tertiary/aromatic N) is 2. The van der Waals surface area contributed by atoms with E-state index in [9.17, 15) is 4.79 Å². The van der Waals surface area contributed by atoms with E-state index in [4.69, 9.17) is 19.2 Å². The predicted octanol–water partition coefficient (Wildman–Crippen LogP) is 4.69. The second kappa shape index (κ2) is 9.24. The topological polar surface area (TPSA) is 60.9 Å². The second-order valence-electron chi connectivity index (χ2n) is 7.89. The lowest BCUT2D eigenvalue weighted by Gasteiger charge is -2.23. The molecule has 0 aliphatic carbocycles. The number of carbonyl (C=O) groups is 1. The number of carbonyl (C=O) groups excluding carboxylic acids is 1. The molecule has 4 rings (SSSR count). The summed E-state index contributed by atoms with van der Waals surface area (Å²) in [5, 5.41) is 0.642. The van der Waals surface area contributed by atoms with Crippen molar-refractivity contribution in [3.05, 3.63) is 47.0 Å². The lowest BCUT2D eigenvalue weighted by Crippen LogP contribution is -2.38. The van der Waals surface area contributed by atoms with E-state index in [1.54, 1.807) is 19.1 Å². The van der Waals surface area contributed by atoms with Crippen molar-refractivity contribution in [2.24, 2.45) is 0 Å². The summed E-state index contributed by atoms with van der Waals surface area (Å²) in [6.07, 6.45) is 2.32. The van der Waals surface area contributed by atoms with Crippen LogP contribution < -0.4 is 14.4 Å². The highest BCUT2D eigenvalue weighted by Crippen LogP contribution is 2.40. The Hall–Kier alpha value is -2.64. The van der Waals surface area contributed by atoms with E-state index < -0.39 is 0 Å². The van der Waals surface area contributed by atoms with Gasteiger partial charge in [-0.2, -0.15) is 0 Å². The first-order valence-electron chi connectivity index (χ1n) is 10.5. The van der Waals surface area contributed by atoms with Gasteiger partial charge in [-0.1, -0.05) is 35.1 Å². The van der Waals surface area contributed by atoms with Gasteiger partial charge in [0.15, 0.2) is 5.13 Å². The smallest absolute Gasteiger partial charge is 0.233 e. The first-order chi connectivity index (χ1) is 15.0. The molecule has 0 spiro atoms. The molecule has 1 aliphatic rings. The molecule has 2 aromatic carbocycles. The summed E-state index contributed by atoms with van der Waals surface area (Å²) in [5.74, 6) is 1.40. The predicted molar refractivity (Wildman–Crippen MR) is 124 cm³/mol. The first kappa shape index (κ1) is 21.6. The molecule has 31 heavy (non-hydrogen) atoms. The number of methoxy groups -OCH3 is 2. The van der Waals surface area contributed by atoms with Gasteiger partial charge in [0.05, 0.1) is 33.3 Å². The third kappa shape index (κ3) is 4.52. The molecule has 7 heteroatoms. The van der Waals surface area contributed by atoms with Crippen LogP contribution in [0, 0.1) is 13.8 Å². The van der Waals surface area contributed by atoms with Crippen LogP contribution in [0.2, 0.25) is 0 Å². The van der Waals surface area contributed by atoms with E-state index in [0.29, 0.717) is 29.4 Å². The lowest BCUT2D eigenvalue weighted by atomic mass is 10.0. The van der Waals surface area contributed by atoms with E-state index >= 15 is 0 Å². The molecule has 0 radical (unpaired) electrons. The highest BCUT2D eigenvalue weighted by atomic mass is 32.1. The minimum Gasteiger partial charge on any atom is -0.495 e. The van der Waals surface area contributed by atoms with Crippen molar-refractivity contribution in [3.8, 4) is 11.5 Å². The highest BCUT2D eigenvalue weighted by molar-refractivity contribution is 7.22. The third-order valence-electron chi connectivity index (χ3n) is 5.68. The molecule has 0 saturated carbocycles. The van der Waals surface area contributed by atoms with Crippen LogP contribution in [0.15, 0.2) is 30.3 Å². The quantitative estimate of drug-likeness (QED) is 0.534. The van der Waals surface area contributed by atoms with Gasteiger partial charge in [0.1, 0.15) is 21.7 Å². The number of anilines is 1. The standard InChI is InChI=1S/C24H28N2O4S/c1-15-7-8-17(16(2)12-15)13-21(27)26(14-18-6-5-11-30-18)24-25-22-19(28-3)9-10-20(29-4)23(22)31-24/h7-10,12,18H,5-6,11,13-14H2,1-4H3. The van der Waals surface area contributed by atoms with Crippen molar-refractivity contribution in [3.63, 3.8) is 0 Å². The van der Waals surface area contributed by atoms with Crippen molar-refractivity contribution < 1.29 is 19.0 Å². The number of rotatable bonds is 7. The molecule has 1 unspecified atom stereocenters. The number of ether oxygens (including phenoxy) is 3.